The van der Waals surface area contributed by atoms with Gasteiger partial charge in [0.1, 0.15) is 29.0 Å². The summed E-state index contributed by atoms with van der Waals surface area (Å²) in [6, 6.07) is 9.53. The minimum Gasteiger partial charge on any atom is -0.291 e. The molecule has 0 bridgehead atoms. The molecule has 0 radical (unpaired) electrons. The highest BCUT2D eigenvalue weighted by atomic mass is 32.2. The number of halogens is 4. The van der Waals surface area contributed by atoms with Crippen LogP contribution in [0.3, 0.4) is 0 Å². The molecule has 1 aromatic carbocycles. The number of fused-ring (bicyclic) bond motifs is 2. The molecule has 2 saturated carbocycles. The Bertz CT molecular complexity index is 1830. The average Bonchev–Trinajstić information content (AvgIpc) is 3.66. The van der Waals surface area contributed by atoms with E-state index < -0.39 is 29.1 Å². The minimum atomic E-state index is -4.46. The third-order valence-electron chi connectivity index (χ3n) is 9.29. The molecule has 46 heavy (non-hydrogen) atoms. The quantitative estimate of drug-likeness (QED) is 0.153. The van der Waals surface area contributed by atoms with E-state index in [2.05, 4.69) is 15.2 Å². The van der Waals surface area contributed by atoms with E-state index in [-0.39, 0.29) is 22.5 Å². The number of rotatable bonds is 9. The Balaban J connectivity index is 1.24. The zero-order valence-electron chi connectivity index (χ0n) is 25.1. The second-order valence-corrected chi connectivity index (χ2v) is 13.8. The first-order valence-corrected chi connectivity index (χ1v) is 16.5. The molecule has 8 nitrogen and oxygen atoms in total. The second-order valence-electron chi connectivity index (χ2n) is 12.3. The van der Waals surface area contributed by atoms with E-state index in [9.17, 15) is 26.6 Å². The molecule has 2 fully saturated rings. The number of carbonyl (C=O) groups is 1. The van der Waals surface area contributed by atoms with Crippen LogP contribution < -0.4 is 0 Å². The molecule has 0 aliphatic heterocycles. The summed E-state index contributed by atoms with van der Waals surface area (Å²) in [5.74, 6) is 0.0232. The van der Waals surface area contributed by atoms with Crippen molar-refractivity contribution in [2.24, 2.45) is 5.41 Å². The van der Waals surface area contributed by atoms with Gasteiger partial charge >= 0.3 is 6.18 Å². The number of benzene rings is 1. The fourth-order valence-electron chi connectivity index (χ4n) is 6.91. The van der Waals surface area contributed by atoms with Crippen molar-refractivity contribution in [3.63, 3.8) is 0 Å². The standard InChI is InChI=1S/C33H32F4N6O2S/c1-2-42(46(45)28-18-39-41(19-28)20-33(35,36)37)27-9-6-24-13-30-23(17-40-43(30)26-10-7-25(34)8-11-26)14-32(24,15-27)31(44)29-12-5-22(16-38-29)21-3-4-21/h5,7-8,10-13,16-19,21,27H,2-4,6,9,14-15,20H2,1H3. The van der Waals surface area contributed by atoms with Crippen LogP contribution in [0.5, 0.6) is 0 Å². The number of aromatic nitrogens is 5. The Morgan fingerprint density at radius 3 is 2.52 bits per heavy atom. The topological polar surface area (TPSA) is 85.9 Å². The highest BCUT2D eigenvalue weighted by molar-refractivity contribution is 7.82. The summed E-state index contributed by atoms with van der Waals surface area (Å²) in [5, 5.41) is 8.38. The van der Waals surface area contributed by atoms with Crippen molar-refractivity contribution in [2.75, 3.05) is 6.54 Å². The lowest BCUT2D eigenvalue weighted by atomic mass is 9.60. The Hall–Kier alpha value is -3.97. The molecule has 7 rings (SSSR count). The summed E-state index contributed by atoms with van der Waals surface area (Å²) in [6.45, 7) is 0.931. The lowest BCUT2D eigenvalue weighted by molar-refractivity contribution is -0.142. The highest BCUT2D eigenvalue weighted by Gasteiger charge is 2.51. The number of ketones is 1. The second kappa shape index (κ2) is 11.7. The molecular weight excluding hydrogens is 620 g/mol. The molecule has 3 aliphatic rings. The van der Waals surface area contributed by atoms with E-state index >= 15 is 0 Å². The van der Waals surface area contributed by atoms with E-state index in [0.29, 0.717) is 49.5 Å². The van der Waals surface area contributed by atoms with Crippen LogP contribution in [0.4, 0.5) is 17.6 Å². The third kappa shape index (κ3) is 5.74. The molecule has 0 amide bonds. The van der Waals surface area contributed by atoms with Gasteiger partial charge in [-0.25, -0.2) is 17.6 Å². The van der Waals surface area contributed by atoms with Crippen molar-refractivity contribution in [1.29, 1.82) is 0 Å². The van der Waals surface area contributed by atoms with Crippen molar-refractivity contribution >= 4 is 22.8 Å². The van der Waals surface area contributed by atoms with Crippen LogP contribution in [0.2, 0.25) is 0 Å². The minimum absolute atomic E-state index is 0.120. The zero-order valence-corrected chi connectivity index (χ0v) is 25.9. The Kier molecular flexibility index (Phi) is 7.79. The van der Waals surface area contributed by atoms with E-state index in [1.807, 2.05) is 19.1 Å². The van der Waals surface area contributed by atoms with Gasteiger partial charge in [-0.3, -0.25) is 14.5 Å². The third-order valence-corrected chi connectivity index (χ3v) is 10.9. The number of alkyl halides is 3. The molecule has 3 unspecified atom stereocenters. The Morgan fingerprint density at radius 2 is 1.85 bits per heavy atom. The van der Waals surface area contributed by atoms with Crippen LogP contribution in [0.15, 0.2) is 71.7 Å². The van der Waals surface area contributed by atoms with Gasteiger partial charge in [-0.15, -0.1) is 0 Å². The van der Waals surface area contributed by atoms with Crippen LogP contribution in [0, 0.1) is 11.2 Å². The van der Waals surface area contributed by atoms with Gasteiger partial charge in [0, 0.05) is 25.0 Å². The molecule has 240 valence electrons. The fraction of sp³-hybridized carbons (Fsp3) is 0.394. The number of hydrogen-bond donors (Lipinski definition) is 0. The molecule has 3 atom stereocenters. The number of pyridine rings is 1. The number of Topliss-reactive ketones (excluding diaryl/α,β-unsaturated/α-hetero) is 1. The van der Waals surface area contributed by atoms with Gasteiger partial charge < -0.3 is 0 Å². The van der Waals surface area contributed by atoms with Gasteiger partial charge in [0.2, 0.25) is 0 Å². The maximum atomic E-state index is 14.6. The van der Waals surface area contributed by atoms with Crippen LogP contribution >= 0.6 is 0 Å². The first kappa shape index (κ1) is 30.7. The van der Waals surface area contributed by atoms with Gasteiger partial charge in [-0.2, -0.15) is 23.4 Å². The highest BCUT2D eigenvalue weighted by Crippen LogP contribution is 2.51. The van der Waals surface area contributed by atoms with E-state index in [1.54, 1.807) is 39.6 Å². The smallest absolute Gasteiger partial charge is 0.291 e. The predicted octanol–water partition coefficient (Wildman–Crippen LogP) is 6.45. The normalized spacial score (nSPS) is 21.9. The van der Waals surface area contributed by atoms with Gasteiger partial charge in [0.05, 0.1) is 34.1 Å². The van der Waals surface area contributed by atoms with Gasteiger partial charge in [0.15, 0.2) is 5.78 Å². The van der Waals surface area contributed by atoms with Crippen molar-refractivity contribution in [2.45, 2.75) is 75.0 Å². The van der Waals surface area contributed by atoms with Gasteiger partial charge in [0.25, 0.3) is 0 Å². The molecule has 13 heteroatoms. The molecule has 3 aromatic heterocycles. The number of carbonyl (C=O) groups excluding carboxylic acids is 1. The summed E-state index contributed by atoms with van der Waals surface area (Å²) < 4.78 is 70.6. The summed E-state index contributed by atoms with van der Waals surface area (Å²) in [7, 11) is -1.79. The average molecular weight is 653 g/mol. The van der Waals surface area contributed by atoms with Crippen LogP contribution in [0.1, 0.15) is 72.3 Å². The summed E-state index contributed by atoms with van der Waals surface area (Å²) in [5.41, 5.74) is 3.81. The SMILES string of the molecule is CCN(C1CCC2=Cc3c(cnn3-c3ccc(F)cc3)CC2(C(=O)c2ccc(C3CC3)cn2)C1)S(=O)c1cnn(CC(F)(F)F)c1. The molecular formula is C33H32F4N6O2S. The maximum Gasteiger partial charge on any atom is 0.408 e. The van der Waals surface area contributed by atoms with E-state index in [4.69, 9.17) is 0 Å². The largest absolute Gasteiger partial charge is 0.408 e. The van der Waals surface area contributed by atoms with Crippen molar-refractivity contribution in [1.82, 2.24) is 28.9 Å². The lowest BCUT2D eigenvalue weighted by Crippen LogP contribution is -2.49. The number of nitrogens with zero attached hydrogens (tertiary/aromatic N) is 6. The maximum absolute atomic E-state index is 14.6. The molecule has 3 aliphatic carbocycles. The molecule has 4 aromatic rings. The first-order chi connectivity index (χ1) is 22.0. The fourth-order valence-corrected chi connectivity index (χ4v) is 8.22. The molecule has 0 spiro atoms. The molecule has 3 heterocycles. The van der Waals surface area contributed by atoms with Crippen LogP contribution in [0.25, 0.3) is 11.8 Å². The number of allylic oxidation sites excluding steroid dienone is 1. The van der Waals surface area contributed by atoms with Gasteiger partial charge in [-0.05, 0) is 92.0 Å². The molecule has 0 saturated heterocycles. The first-order valence-electron chi connectivity index (χ1n) is 15.4. The summed E-state index contributed by atoms with van der Waals surface area (Å²) in [6.07, 6.45) is 7.52. The molecule has 0 N–H and O–H groups in total. The Morgan fingerprint density at radius 1 is 1.07 bits per heavy atom. The monoisotopic (exact) mass is 652 g/mol. The summed E-state index contributed by atoms with van der Waals surface area (Å²) in [4.78, 5) is 19.4. The van der Waals surface area contributed by atoms with Crippen LogP contribution in [-0.4, -0.2) is 57.6 Å². The Labute approximate surface area is 265 Å². The van der Waals surface area contributed by atoms with Crippen LogP contribution in [-0.2, 0) is 24.0 Å². The van der Waals surface area contributed by atoms with Gasteiger partial charge in [-0.1, -0.05) is 18.6 Å². The predicted molar refractivity (Wildman–Crippen MR) is 163 cm³/mol. The number of hydrogen-bond acceptors (Lipinski definition) is 5. The van der Waals surface area contributed by atoms with E-state index in [0.717, 1.165) is 39.9 Å². The van der Waals surface area contributed by atoms with Crippen molar-refractivity contribution in [3.05, 3.63) is 95.1 Å². The van der Waals surface area contributed by atoms with Crippen molar-refractivity contribution < 1.29 is 26.6 Å². The lowest BCUT2D eigenvalue weighted by Gasteiger charge is -2.46. The van der Waals surface area contributed by atoms with Crippen molar-refractivity contribution in [3.8, 4) is 5.69 Å². The summed E-state index contributed by atoms with van der Waals surface area (Å²) >= 11 is 0. The zero-order chi connectivity index (χ0) is 32.2. The van der Waals surface area contributed by atoms with E-state index in [1.165, 1.54) is 24.5 Å².